The van der Waals surface area contributed by atoms with Crippen LogP contribution in [0.1, 0.15) is 26.0 Å². The molecule has 1 aromatic carbocycles. The highest BCUT2D eigenvalue weighted by Crippen LogP contribution is 2.14. The number of rotatable bonds is 0. The molecule has 0 amide bonds. The van der Waals surface area contributed by atoms with Crippen molar-refractivity contribution in [3.05, 3.63) is 42.2 Å². The molecule has 0 unspecified atom stereocenters. The van der Waals surface area contributed by atoms with Crippen molar-refractivity contribution in [3.63, 3.8) is 0 Å². The number of hydrogen-bond donors (Lipinski definition) is 0. The summed E-state index contributed by atoms with van der Waals surface area (Å²) in [5, 5.41) is 2.51. The van der Waals surface area contributed by atoms with Gasteiger partial charge in [0, 0.05) is 17.3 Å². The van der Waals surface area contributed by atoms with Gasteiger partial charge in [0.25, 0.3) is 0 Å². The van der Waals surface area contributed by atoms with E-state index >= 15 is 0 Å². The van der Waals surface area contributed by atoms with Crippen LogP contribution >= 0.6 is 0 Å². The Morgan fingerprint density at radius 2 is 1.71 bits per heavy atom. The SMILES string of the molecule is CCC.Cc1nccc2ccccc12. The van der Waals surface area contributed by atoms with Crippen molar-refractivity contribution in [1.29, 1.82) is 0 Å². The fourth-order valence-electron chi connectivity index (χ4n) is 1.27. The molecule has 0 aliphatic heterocycles. The van der Waals surface area contributed by atoms with Crippen molar-refractivity contribution in [2.24, 2.45) is 0 Å². The lowest BCUT2D eigenvalue weighted by Gasteiger charge is -1.97. The molecule has 0 aliphatic carbocycles. The van der Waals surface area contributed by atoms with Crippen LogP contribution in [0.5, 0.6) is 0 Å². The first kappa shape index (κ1) is 10.7. The average molecular weight is 187 g/mol. The zero-order valence-corrected chi connectivity index (χ0v) is 9.12. The molecule has 0 bridgehead atoms. The summed E-state index contributed by atoms with van der Waals surface area (Å²) in [6.07, 6.45) is 3.09. The summed E-state index contributed by atoms with van der Waals surface area (Å²) >= 11 is 0. The van der Waals surface area contributed by atoms with Crippen LogP contribution in [-0.2, 0) is 0 Å². The predicted octanol–water partition coefficient (Wildman–Crippen LogP) is 3.96. The van der Waals surface area contributed by atoms with Crippen LogP contribution in [0.25, 0.3) is 10.8 Å². The summed E-state index contributed by atoms with van der Waals surface area (Å²) in [4.78, 5) is 4.21. The molecule has 0 spiro atoms. The Morgan fingerprint density at radius 3 is 2.36 bits per heavy atom. The van der Waals surface area contributed by atoms with Gasteiger partial charge in [0.15, 0.2) is 0 Å². The summed E-state index contributed by atoms with van der Waals surface area (Å²) < 4.78 is 0. The monoisotopic (exact) mass is 187 g/mol. The lowest BCUT2D eigenvalue weighted by atomic mass is 10.1. The molecule has 0 aliphatic rings. The largest absolute Gasteiger partial charge is 0.261 e. The van der Waals surface area contributed by atoms with Crippen molar-refractivity contribution in [3.8, 4) is 0 Å². The van der Waals surface area contributed by atoms with Gasteiger partial charge in [-0.25, -0.2) is 0 Å². The molecule has 0 saturated heterocycles. The summed E-state index contributed by atoms with van der Waals surface area (Å²) in [5.41, 5.74) is 1.10. The molecule has 2 rings (SSSR count). The van der Waals surface area contributed by atoms with Gasteiger partial charge in [-0.15, -0.1) is 0 Å². The Morgan fingerprint density at radius 1 is 1.07 bits per heavy atom. The van der Waals surface area contributed by atoms with Gasteiger partial charge in [0.2, 0.25) is 0 Å². The third-order valence-electron chi connectivity index (χ3n) is 1.87. The van der Waals surface area contributed by atoms with Gasteiger partial charge in [-0.1, -0.05) is 44.5 Å². The Labute approximate surface area is 85.8 Å². The Hall–Kier alpha value is -1.37. The standard InChI is InChI=1S/C10H9N.C3H8/c1-8-10-5-3-2-4-9(10)6-7-11-8;1-3-2/h2-7H,1H3;3H2,1-2H3. The first-order chi connectivity index (χ1) is 6.79. The zero-order chi connectivity index (χ0) is 10.4. The maximum atomic E-state index is 4.21. The molecule has 1 nitrogen and oxygen atoms in total. The summed E-state index contributed by atoms with van der Waals surface area (Å²) in [7, 11) is 0. The van der Waals surface area contributed by atoms with E-state index in [-0.39, 0.29) is 0 Å². The lowest BCUT2D eigenvalue weighted by molar-refractivity contribution is 1.09. The zero-order valence-electron chi connectivity index (χ0n) is 9.12. The van der Waals surface area contributed by atoms with Gasteiger partial charge >= 0.3 is 0 Å². The van der Waals surface area contributed by atoms with Crippen molar-refractivity contribution in [2.75, 3.05) is 0 Å². The molecule has 0 radical (unpaired) electrons. The average Bonchev–Trinajstić information content (AvgIpc) is 2.20. The van der Waals surface area contributed by atoms with E-state index in [2.05, 4.69) is 31.0 Å². The molecule has 1 heteroatoms. The van der Waals surface area contributed by atoms with Crippen molar-refractivity contribution >= 4 is 10.8 Å². The Kier molecular flexibility index (Phi) is 4.11. The first-order valence-electron chi connectivity index (χ1n) is 5.10. The first-order valence-corrected chi connectivity index (χ1v) is 5.10. The van der Waals surface area contributed by atoms with E-state index in [1.807, 2.05) is 31.3 Å². The Bertz CT molecular complexity index is 388. The van der Waals surface area contributed by atoms with Crippen molar-refractivity contribution in [1.82, 2.24) is 4.98 Å². The molecule has 0 saturated carbocycles. The number of aromatic nitrogens is 1. The highest BCUT2D eigenvalue weighted by atomic mass is 14.7. The molecule has 0 atom stereocenters. The van der Waals surface area contributed by atoms with E-state index in [9.17, 15) is 0 Å². The van der Waals surface area contributed by atoms with E-state index in [4.69, 9.17) is 0 Å². The quantitative estimate of drug-likeness (QED) is 0.608. The van der Waals surface area contributed by atoms with E-state index in [1.54, 1.807) is 0 Å². The van der Waals surface area contributed by atoms with Crippen LogP contribution in [0.15, 0.2) is 36.5 Å². The highest BCUT2D eigenvalue weighted by Gasteiger charge is 1.93. The second-order valence-electron chi connectivity index (χ2n) is 3.32. The van der Waals surface area contributed by atoms with Crippen molar-refractivity contribution in [2.45, 2.75) is 27.2 Å². The number of hydrogen-bond acceptors (Lipinski definition) is 1. The molecular formula is C13H17N. The van der Waals surface area contributed by atoms with Gasteiger partial charge in [-0.3, -0.25) is 4.98 Å². The van der Waals surface area contributed by atoms with Gasteiger partial charge in [0.1, 0.15) is 0 Å². The maximum absolute atomic E-state index is 4.21. The molecule has 0 fully saturated rings. The van der Waals surface area contributed by atoms with Crippen molar-refractivity contribution < 1.29 is 0 Å². The van der Waals surface area contributed by atoms with E-state index in [0.717, 1.165) is 5.69 Å². The predicted molar refractivity (Wildman–Crippen MR) is 62.4 cm³/mol. The molecular weight excluding hydrogens is 170 g/mol. The third-order valence-corrected chi connectivity index (χ3v) is 1.87. The minimum atomic E-state index is 1.10. The van der Waals surface area contributed by atoms with Crippen LogP contribution < -0.4 is 0 Å². The maximum Gasteiger partial charge on any atom is 0.0450 e. The van der Waals surface area contributed by atoms with Gasteiger partial charge in [0.05, 0.1) is 0 Å². The minimum absolute atomic E-state index is 1.10. The van der Waals surface area contributed by atoms with Crippen LogP contribution in [0.2, 0.25) is 0 Å². The van der Waals surface area contributed by atoms with Crippen LogP contribution in [0.4, 0.5) is 0 Å². The second-order valence-corrected chi connectivity index (χ2v) is 3.32. The van der Waals surface area contributed by atoms with Crippen LogP contribution in [-0.4, -0.2) is 4.98 Å². The van der Waals surface area contributed by atoms with Crippen LogP contribution in [0.3, 0.4) is 0 Å². The van der Waals surface area contributed by atoms with E-state index in [0.29, 0.717) is 0 Å². The van der Waals surface area contributed by atoms with Crippen LogP contribution in [0, 0.1) is 6.92 Å². The fraction of sp³-hybridized carbons (Fsp3) is 0.308. The minimum Gasteiger partial charge on any atom is -0.261 e. The normalized spacial score (nSPS) is 9.36. The number of pyridine rings is 1. The molecule has 74 valence electrons. The highest BCUT2D eigenvalue weighted by molar-refractivity contribution is 5.83. The smallest absolute Gasteiger partial charge is 0.0450 e. The molecule has 0 N–H and O–H groups in total. The van der Waals surface area contributed by atoms with Gasteiger partial charge in [-0.05, 0) is 18.4 Å². The number of nitrogens with zero attached hydrogens (tertiary/aromatic N) is 1. The number of fused-ring (bicyclic) bond motifs is 1. The summed E-state index contributed by atoms with van der Waals surface area (Å²) in [6.45, 7) is 6.28. The third kappa shape index (κ3) is 2.56. The lowest BCUT2D eigenvalue weighted by Crippen LogP contribution is -1.80. The van der Waals surface area contributed by atoms with Gasteiger partial charge in [-0.2, -0.15) is 0 Å². The summed E-state index contributed by atoms with van der Waals surface area (Å²) in [5.74, 6) is 0. The molecule has 1 heterocycles. The van der Waals surface area contributed by atoms with Gasteiger partial charge < -0.3 is 0 Å². The topological polar surface area (TPSA) is 12.9 Å². The molecule has 1 aromatic heterocycles. The van der Waals surface area contributed by atoms with E-state index in [1.165, 1.54) is 17.2 Å². The number of aryl methyl sites for hydroxylation is 1. The summed E-state index contributed by atoms with van der Waals surface area (Å²) in [6, 6.07) is 10.3. The number of benzene rings is 1. The second kappa shape index (κ2) is 5.38. The molecule has 14 heavy (non-hydrogen) atoms. The van der Waals surface area contributed by atoms with E-state index < -0.39 is 0 Å². The Balaban J connectivity index is 0.000000293. The fourth-order valence-corrected chi connectivity index (χ4v) is 1.27. The molecule has 2 aromatic rings.